The van der Waals surface area contributed by atoms with E-state index in [1.165, 1.54) is 0 Å². The zero-order chi connectivity index (χ0) is 17.1. The number of methoxy groups -OCH3 is 1. The van der Waals surface area contributed by atoms with Crippen molar-refractivity contribution in [2.24, 2.45) is 0 Å². The lowest BCUT2D eigenvalue weighted by Crippen LogP contribution is -2.37. The predicted molar refractivity (Wildman–Crippen MR) is 86.3 cm³/mol. The smallest absolute Gasteiger partial charge is 0.313 e. The van der Waals surface area contributed by atoms with Crippen molar-refractivity contribution in [1.82, 2.24) is 5.32 Å². The van der Waals surface area contributed by atoms with Crippen LogP contribution in [0.25, 0.3) is 0 Å². The van der Waals surface area contributed by atoms with Crippen LogP contribution in [0.3, 0.4) is 0 Å². The van der Waals surface area contributed by atoms with Gasteiger partial charge < -0.3 is 24.8 Å². The molecular weight excluding hydrogens is 300 g/mol. The van der Waals surface area contributed by atoms with Gasteiger partial charge in [-0.15, -0.1) is 0 Å². The molecule has 0 aliphatic rings. The second-order valence-corrected chi connectivity index (χ2v) is 4.57. The summed E-state index contributed by atoms with van der Waals surface area (Å²) >= 11 is 0. The van der Waals surface area contributed by atoms with Crippen molar-refractivity contribution < 1.29 is 23.8 Å². The van der Waals surface area contributed by atoms with Gasteiger partial charge in [0.25, 0.3) is 0 Å². The third-order valence-corrected chi connectivity index (χ3v) is 2.92. The Labute approximate surface area is 136 Å². The molecule has 0 heterocycles. The average Bonchev–Trinajstić information content (AvgIpc) is 2.55. The molecule has 1 aromatic carbocycles. The van der Waals surface area contributed by atoms with Gasteiger partial charge in [-0.3, -0.25) is 9.59 Å². The third-order valence-electron chi connectivity index (χ3n) is 2.92. The van der Waals surface area contributed by atoms with E-state index in [1.807, 2.05) is 13.8 Å². The highest BCUT2D eigenvalue weighted by molar-refractivity contribution is 6.39. The van der Waals surface area contributed by atoms with Crippen LogP contribution in [0.4, 0.5) is 5.69 Å². The molecule has 0 unspecified atom stereocenters. The van der Waals surface area contributed by atoms with Gasteiger partial charge in [0.1, 0.15) is 5.75 Å². The van der Waals surface area contributed by atoms with Crippen molar-refractivity contribution in [3.8, 4) is 5.75 Å². The minimum Gasteiger partial charge on any atom is -0.497 e. The lowest BCUT2D eigenvalue weighted by Gasteiger charge is -2.16. The molecule has 0 saturated heterocycles. The molecule has 2 N–H and O–H groups in total. The van der Waals surface area contributed by atoms with Gasteiger partial charge in [-0.1, -0.05) is 0 Å². The van der Waals surface area contributed by atoms with Crippen LogP contribution >= 0.6 is 0 Å². The van der Waals surface area contributed by atoms with Gasteiger partial charge >= 0.3 is 11.8 Å². The number of ether oxygens (including phenoxy) is 3. The maximum atomic E-state index is 11.8. The summed E-state index contributed by atoms with van der Waals surface area (Å²) in [5.74, 6) is -0.752. The second-order valence-electron chi connectivity index (χ2n) is 4.57. The van der Waals surface area contributed by atoms with E-state index in [1.54, 1.807) is 31.4 Å². The fourth-order valence-corrected chi connectivity index (χ4v) is 1.83. The van der Waals surface area contributed by atoms with Crippen molar-refractivity contribution in [3.63, 3.8) is 0 Å². The van der Waals surface area contributed by atoms with Crippen molar-refractivity contribution in [1.29, 1.82) is 0 Å². The van der Waals surface area contributed by atoms with Crippen LogP contribution < -0.4 is 15.4 Å². The highest BCUT2D eigenvalue weighted by Crippen LogP contribution is 2.14. The fourth-order valence-electron chi connectivity index (χ4n) is 1.83. The van der Waals surface area contributed by atoms with Crippen LogP contribution in [0.2, 0.25) is 0 Å². The average molecular weight is 324 g/mol. The molecule has 23 heavy (non-hydrogen) atoms. The summed E-state index contributed by atoms with van der Waals surface area (Å²) in [6, 6.07) is 6.71. The van der Waals surface area contributed by atoms with E-state index >= 15 is 0 Å². The van der Waals surface area contributed by atoms with Gasteiger partial charge in [-0.25, -0.2) is 0 Å². The molecule has 7 nitrogen and oxygen atoms in total. The Bertz CT molecular complexity index is 484. The molecule has 2 amide bonds. The van der Waals surface area contributed by atoms with Gasteiger partial charge in [-0.05, 0) is 38.1 Å². The van der Waals surface area contributed by atoms with Crippen LogP contribution in [-0.2, 0) is 19.1 Å². The van der Waals surface area contributed by atoms with E-state index in [-0.39, 0.29) is 6.29 Å². The van der Waals surface area contributed by atoms with E-state index in [4.69, 9.17) is 14.2 Å². The molecule has 0 aliphatic carbocycles. The molecule has 0 fully saturated rings. The number of rotatable bonds is 9. The Hall–Kier alpha value is -2.12. The molecule has 0 aromatic heterocycles. The Balaban J connectivity index is 2.36. The van der Waals surface area contributed by atoms with E-state index in [9.17, 15) is 9.59 Å². The maximum Gasteiger partial charge on any atom is 0.313 e. The standard InChI is InChI=1S/C16H24N2O5/c1-4-22-14(23-5-2)10-11-17-15(19)16(20)18-12-6-8-13(21-3)9-7-12/h6-9,14H,4-5,10-11H2,1-3H3,(H,17,19)(H,18,20). The zero-order valence-electron chi connectivity index (χ0n) is 13.8. The summed E-state index contributed by atoms with van der Waals surface area (Å²) in [4.78, 5) is 23.5. The highest BCUT2D eigenvalue weighted by Gasteiger charge is 2.15. The van der Waals surface area contributed by atoms with Crippen molar-refractivity contribution in [2.45, 2.75) is 26.6 Å². The van der Waals surface area contributed by atoms with Crippen molar-refractivity contribution in [3.05, 3.63) is 24.3 Å². The van der Waals surface area contributed by atoms with Gasteiger partial charge in [0.15, 0.2) is 6.29 Å². The molecular formula is C16H24N2O5. The minimum absolute atomic E-state index is 0.291. The summed E-state index contributed by atoms with van der Waals surface area (Å²) in [6.45, 7) is 5.08. The van der Waals surface area contributed by atoms with E-state index in [2.05, 4.69) is 10.6 Å². The SMILES string of the molecule is CCOC(CCNC(=O)C(=O)Nc1ccc(OC)cc1)OCC. The van der Waals surface area contributed by atoms with Gasteiger partial charge in [0, 0.05) is 31.9 Å². The van der Waals surface area contributed by atoms with Crippen LogP contribution in [0.5, 0.6) is 5.75 Å². The monoisotopic (exact) mass is 324 g/mol. The molecule has 0 bridgehead atoms. The normalized spacial score (nSPS) is 10.4. The summed E-state index contributed by atoms with van der Waals surface area (Å²) in [5, 5.41) is 5.05. The molecule has 0 radical (unpaired) electrons. The topological polar surface area (TPSA) is 85.9 Å². The summed E-state index contributed by atoms with van der Waals surface area (Å²) < 4.78 is 15.7. The minimum atomic E-state index is -0.723. The Morgan fingerprint density at radius 2 is 1.65 bits per heavy atom. The predicted octanol–water partition coefficient (Wildman–Crippen LogP) is 1.54. The van der Waals surface area contributed by atoms with E-state index in [0.717, 1.165) is 0 Å². The second kappa shape index (κ2) is 10.6. The zero-order valence-corrected chi connectivity index (χ0v) is 13.8. The molecule has 7 heteroatoms. The molecule has 1 rings (SSSR count). The number of nitrogens with one attached hydrogen (secondary N) is 2. The van der Waals surface area contributed by atoms with Crippen LogP contribution in [-0.4, -0.2) is 45.0 Å². The Kier molecular flexibility index (Phi) is 8.71. The highest BCUT2D eigenvalue weighted by atomic mass is 16.7. The van der Waals surface area contributed by atoms with Crippen LogP contribution in [0.1, 0.15) is 20.3 Å². The largest absolute Gasteiger partial charge is 0.497 e. The van der Waals surface area contributed by atoms with Crippen LogP contribution in [0.15, 0.2) is 24.3 Å². The fraction of sp³-hybridized carbons (Fsp3) is 0.500. The first-order valence-corrected chi connectivity index (χ1v) is 7.57. The van der Waals surface area contributed by atoms with Crippen molar-refractivity contribution in [2.75, 3.05) is 32.2 Å². The molecule has 0 saturated carbocycles. The first-order valence-electron chi connectivity index (χ1n) is 7.57. The Morgan fingerprint density at radius 1 is 1.04 bits per heavy atom. The van der Waals surface area contributed by atoms with Gasteiger partial charge in [-0.2, -0.15) is 0 Å². The molecule has 0 atom stereocenters. The number of benzene rings is 1. The summed E-state index contributed by atoms with van der Waals surface area (Å²) in [6.07, 6.45) is 0.0958. The van der Waals surface area contributed by atoms with Gasteiger partial charge in [0.2, 0.25) is 0 Å². The quantitative estimate of drug-likeness (QED) is 0.531. The molecule has 0 aliphatic heterocycles. The lowest BCUT2D eigenvalue weighted by atomic mass is 10.3. The van der Waals surface area contributed by atoms with E-state index in [0.29, 0.717) is 37.6 Å². The maximum absolute atomic E-state index is 11.8. The van der Waals surface area contributed by atoms with Gasteiger partial charge in [0.05, 0.1) is 7.11 Å². The lowest BCUT2D eigenvalue weighted by molar-refractivity contribution is -0.142. The Morgan fingerprint density at radius 3 is 2.17 bits per heavy atom. The number of carbonyl (C=O) groups excluding carboxylic acids is 2. The number of anilines is 1. The number of hydrogen-bond acceptors (Lipinski definition) is 5. The first kappa shape index (κ1) is 18.9. The summed E-state index contributed by atoms with van der Waals surface area (Å²) in [5.41, 5.74) is 0.521. The van der Waals surface area contributed by atoms with Crippen LogP contribution in [0, 0.1) is 0 Å². The van der Waals surface area contributed by atoms with Crippen molar-refractivity contribution >= 4 is 17.5 Å². The first-order chi connectivity index (χ1) is 11.1. The number of carbonyl (C=O) groups is 2. The van der Waals surface area contributed by atoms with E-state index < -0.39 is 11.8 Å². The molecule has 1 aromatic rings. The number of hydrogen-bond donors (Lipinski definition) is 2. The molecule has 0 spiro atoms. The summed E-state index contributed by atoms with van der Waals surface area (Å²) in [7, 11) is 1.55. The molecule has 128 valence electrons. The number of amides is 2. The third kappa shape index (κ3) is 7.12.